The van der Waals surface area contributed by atoms with Crippen molar-refractivity contribution in [1.29, 1.82) is 0 Å². The topological polar surface area (TPSA) is 65.3 Å². The summed E-state index contributed by atoms with van der Waals surface area (Å²) >= 11 is 0. The van der Waals surface area contributed by atoms with Gasteiger partial charge < -0.3 is 10.1 Å². The summed E-state index contributed by atoms with van der Waals surface area (Å²) in [5.74, 6) is 0.313. The number of para-hydroxylation sites is 2. The number of rotatable bonds is 6. The summed E-state index contributed by atoms with van der Waals surface area (Å²) in [5.41, 5.74) is 2.43. The minimum absolute atomic E-state index is 0.157. The Kier molecular flexibility index (Phi) is 5.45. The van der Waals surface area contributed by atoms with Crippen molar-refractivity contribution in [1.82, 2.24) is 9.36 Å². The van der Waals surface area contributed by atoms with Gasteiger partial charge in [-0.05, 0) is 37.1 Å². The van der Waals surface area contributed by atoms with E-state index in [0.29, 0.717) is 11.4 Å². The summed E-state index contributed by atoms with van der Waals surface area (Å²) in [4.78, 5) is 25.2. The van der Waals surface area contributed by atoms with Gasteiger partial charge in [0.2, 0.25) is 0 Å². The monoisotopic (exact) mass is 365 g/mol. The van der Waals surface area contributed by atoms with Gasteiger partial charge in [-0.25, -0.2) is 4.68 Å². The van der Waals surface area contributed by atoms with Gasteiger partial charge in [-0.1, -0.05) is 43.3 Å². The normalized spacial score (nSPS) is 10.6. The van der Waals surface area contributed by atoms with Gasteiger partial charge in [0.25, 0.3) is 11.5 Å². The maximum atomic E-state index is 12.8. The van der Waals surface area contributed by atoms with E-state index in [-0.39, 0.29) is 23.8 Å². The van der Waals surface area contributed by atoms with Crippen LogP contribution in [-0.2, 0) is 18.3 Å². The lowest BCUT2D eigenvalue weighted by atomic mass is 10.1. The Balaban J connectivity index is 1.78. The van der Waals surface area contributed by atoms with E-state index in [1.807, 2.05) is 61.5 Å². The summed E-state index contributed by atoms with van der Waals surface area (Å²) in [5, 5.41) is 2.70. The molecular weight excluding hydrogens is 342 g/mol. The molecule has 0 spiro atoms. The summed E-state index contributed by atoms with van der Waals surface area (Å²) in [6.07, 6.45) is 0.817. The Bertz CT molecular complexity index is 1000. The fourth-order valence-electron chi connectivity index (χ4n) is 2.97. The highest BCUT2D eigenvalue weighted by Crippen LogP contribution is 2.18. The van der Waals surface area contributed by atoms with Crippen LogP contribution in [0.3, 0.4) is 0 Å². The minimum Gasteiger partial charge on any atom is -0.483 e. The molecule has 6 heteroatoms. The summed E-state index contributed by atoms with van der Waals surface area (Å²) in [6, 6.07) is 16.9. The van der Waals surface area contributed by atoms with Gasteiger partial charge >= 0.3 is 0 Å². The number of anilines is 1. The first-order chi connectivity index (χ1) is 13.0. The standard InChI is InChI=1S/C21H23N3O3/c1-4-16-10-8-9-13-18(16)27-14-19(25)22-20-15(2)23(3)24(21(20)26)17-11-6-5-7-12-17/h5-13H,4,14H2,1-3H3,(H,22,25). The van der Waals surface area contributed by atoms with Gasteiger partial charge in [-0.15, -0.1) is 0 Å². The van der Waals surface area contributed by atoms with Crippen LogP contribution in [-0.4, -0.2) is 21.9 Å². The Morgan fingerprint density at radius 3 is 2.44 bits per heavy atom. The molecule has 1 heterocycles. The summed E-state index contributed by atoms with van der Waals surface area (Å²) in [7, 11) is 1.79. The van der Waals surface area contributed by atoms with E-state index in [4.69, 9.17) is 4.74 Å². The van der Waals surface area contributed by atoms with Crippen molar-refractivity contribution in [3.8, 4) is 11.4 Å². The van der Waals surface area contributed by atoms with Crippen LogP contribution in [0.15, 0.2) is 59.4 Å². The number of benzene rings is 2. The Morgan fingerprint density at radius 2 is 1.74 bits per heavy atom. The zero-order valence-electron chi connectivity index (χ0n) is 15.7. The van der Waals surface area contributed by atoms with E-state index in [0.717, 1.165) is 17.7 Å². The molecule has 140 valence electrons. The number of nitrogens with one attached hydrogen (secondary N) is 1. The van der Waals surface area contributed by atoms with E-state index >= 15 is 0 Å². The number of carbonyl (C=O) groups is 1. The molecule has 0 radical (unpaired) electrons. The van der Waals surface area contributed by atoms with Crippen molar-refractivity contribution in [2.45, 2.75) is 20.3 Å². The van der Waals surface area contributed by atoms with Crippen LogP contribution in [0.2, 0.25) is 0 Å². The molecule has 1 N–H and O–H groups in total. The van der Waals surface area contributed by atoms with Crippen LogP contribution >= 0.6 is 0 Å². The highest BCUT2D eigenvalue weighted by Gasteiger charge is 2.18. The predicted molar refractivity (Wildman–Crippen MR) is 106 cm³/mol. The number of nitrogens with zero attached hydrogens (tertiary/aromatic N) is 2. The van der Waals surface area contributed by atoms with Crippen LogP contribution in [0.4, 0.5) is 5.69 Å². The van der Waals surface area contributed by atoms with Crippen LogP contribution in [0.25, 0.3) is 5.69 Å². The molecule has 1 amide bonds. The first kappa shape index (κ1) is 18.5. The third-order valence-electron chi connectivity index (χ3n) is 4.53. The smallest absolute Gasteiger partial charge is 0.295 e. The van der Waals surface area contributed by atoms with Crippen molar-refractivity contribution in [2.75, 3.05) is 11.9 Å². The number of hydrogen-bond acceptors (Lipinski definition) is 3. The number of amides is 1. The molecule has 0 aliphatic carbocycles. The molecule has 27 heavy (non-hydrogen) atoms. The summed E-state index contributed by atoms with van der Waals surface area (Å²) < 4.78 is 8.88. The maximum Gasteiger partial charge on any atom is 0.295 e. The second-order valence-corrected chi connectivity index (χ2v) is 6.23. The average Bonchev–Trinajstić information content (AvgIpc) is 2.90. The largest absolute Gasteiger partial charge is 0.483 e. The van der Waals surface area contributed by atoms with Crippen molar-refractivity contribution in [2.24, 2.45) is 7.05 Å². The average molecular weight is 365 g/mol. The Morgan fingerprint density at radius 1 is 1.07 bits per heavy atom. The van der Waals surface area contributed by atoms with Crippen LogP contribution in [0, 0.1) is 6.92 Å². The summed E-state index contributed by atoms with van der Waals surface area (Å²) in [6.45, 7) is 3.67. The number of aromatic nitrogens is 2. The highest BCUT2D eigenvalue weighted by molar-refractivity contribution is 5.92. The van der Waals surface area contributed by atoms with Crippen LogP contribution in [0.1, 0.15) is 18.2 Å². The second kappa shape index (κ2) is 7.95. The molecule has 0 bridgehead atoms. The molecule has 6 nitrogen and oxygen atoms in total. The number of aryl methyl sites for hydroxylation is 1. The van der Waals surface area contributed by atoms with Gasteiger partial charge in [0.1, 0.15) is 11.4 Å². The van der Waals surface area contributed by atoms with E-state index in [2.05, 4.69) is 5.32 Å². The molecule has 0 saturated heterocycles. The Labute approximate surface area is 158 Å². The lowest BCUT2D eigenvalue weighted by Gasteiger charge is -2.10. The molecule has 3 rings (SSSR count). The molecule has 1 aromatic heterocycles. The molecule has 0 saturated carbocycles. The van der Waals surface area contributed by atoms with Gasteiger partial charge in [0.15, 0.2) is 6.61 Å². The van der Waals surface area contributed by atoms with E-state index in [1.165, 1.54) is 4.68 Å². The van der Waals surface area contributed by atoms with Gasteiger partial charge in [0.05, 0.1) is 11.4 Å². The first-order valence-electron chi connectivity index (χ1n) is 8.87. The lowest BCUT2D eigenvalue weighted by molar-refractivity contribution is -0.118. The lowest BCUT2D eigenvalue weighted by Crippen LogP contribution is -2.25. The number of hydrogen-bond donors (Lipinski definition) is 1. The molecule has 2 aromatic carbocycles. The SMILES string of the molecule is CCc1ccccc1OCC(=O)Nc1c(C)n(C)n(-c2ccccc2)c1=O. The van der Waals surface area contributed by atoms with Crippen molar-refractivity contribution >= 4 is 11.6 Å². The van der Waals surface area contributed by atoms with Crippen LogP contribution in [0.5, 0.6) is 5.75 Å². The van der Waals surface area contributed by atoms with E-state index in [1.54, 1.807) is 18.7 Å². The molecule has 0 unspecified atom stereocenters. The molecule has 0 fully saturated rings. The molecule has 0 atom stereocenters. The van der Waals surface area contributed by atoms with Gasteiger partial charge in [0, 0.05) is 7.05 Å². The van der Waals surface area contributed by atoms with Crippen molar-refractivity contribution in [3.63, 3.8) is 0 Å². The van der Waals surface area contributed by atoms with Crippen molar-refractivity contribution in [3.05, 3.63) is 76.2 Å². The number of carbonyl (C=O) groups excluding carboxylic acids is 1. The zero-order valence-corrected chi connectivity index (χ0v) is 15.7. The molecule has 3 aromatic rings. The quantitative estimate of drug-likeness (QED) is 0.730. The second-order valence-electron chi connectivity index (χ2n) is 6.23. The molecular formula is C21H23N3O3. The van der Waals surface area contributed by atoms with Gasteiger partial charge in [-0.3, -0.25) is 14.3 Å². The third kappa shape index (κ3) is 3.79. The molecule has 0 aliphatic heterocycles. The third-order valence-corrected chi connectivity index (χ3v) is 4.53. The fraction of sp³-hybridized carbons (Fsp3) is 0.238. The predicted octanol–water partition coefficient (Wildman–Crippen LogP) is 3.06. The first-order valence-corrected chi connectivity index (χ1v) is 8.87. The minimum atomic E-state index is -0.369. The number of ether oxygens (including phenoxy) is 1. The van der Waals surface area contributed by atoms with E-state index < -0.39 is 0 Å². The Hall–Kier alpha value is -3.28. The zero-order chi connectivity index (χ0) is 19.4. The maximum absolute atomic E-state index is 12.8. The van der Waals surface area contributed by atoms with Crippen molar-refractivity contribution < 1.29 is 9.53 Å². The fourth-order valence-corrected chi connectivity index (χ4v) is 2.97. The van der Waals surface area contributed by atoms with Gasteiger partial charge in [-0.2, -0.15) is 0 Å². The molecule has 0 aliphatic rings. The van der Waals surface area contributed by atoms with E-state index in [9.17, 15) is 9.59 Å². The highest BCUT2D eigenvalue weighted by atomic mass is 16.5. The van der Waals surface area contributed by atoms with Crippen LogP contribution < -0.4 is 15.6 Å².